The molecule has 2 aliphatic heterocycles. The summed E-state index contributed by atoms with van der Waals surface area (Å²) < 4.78 is -0.112. The average molecular weight is 229 g/mol. The van der Waals surface area contributed by atoms with Crippen molar-refractivity contribution in [3.8, 4) is 0 Å². The lowest BCUT2D eigenvalue weighted by Crippen LogP contribution is -2.45. The number of carboxylic acid groups (broad SMARTS) is 1. The summed E-state index contributed by atoms with van der Waals surface area (Å²) in [7, 11) is 0. The molecule has 0 radical (unpaired) electrons. The van der Waals surface area contributed by atoms with Gasteiger partial charge in [0.25, 0.3) is 0 Å². The van der Waals surface area contributed by atoms with Crippen molar-refractivity contribution in [2.24, 2.45) is 5.92 Å². The van der Waals surface area contributed by atoms with Gasteiger partial charge in [-0.15, -0.1) is 0 Å². The molecule has 15 heavy (non-hydrogen) atoms. The Hall–Kier alpha value is -0.220. The van der Waals surface area contributed by atoms with Gasteiger partial charge < -0.3 is 5.11 Å². The Kier molecular flexibility index (Phi) is 2.99. The van der Waals surface area contributed by atoms with E-state index in [9.17, 15) is 9.90 Å². The Bertz CT molecular complexity index is 261. The fourth-order valence-corrected chi connectivity index (χ4v) is 4.24. The number of thioether (sulfide) groups is 1. The minimum Gasteiger partial charge on any atom is -0.481 e. The predicted molar refractivity (Wildman–Crippen MR) is 62.3 cm³/mol. The maximum absolute atomic E-state index is 11.3. The molecule has 2 atom stereocenters. The Morgan fingerprint density at radius 1 is 1.40 bits per heavy atom. The lowest BCUT2D eigenvalue weighted by Gasteiger charge is -2.30. The first-order valence-corrected chi connectivity index (χ1v) is 6.62. The summed E-state index contributed by atoms with van der Waals surface area (Å²) in [6, 6.07) is 0.255. The van der Waals surface area contributed by atoms with E-state index in [1.807, 2.05) is 11.8 Å². The number of aliphatic carboxylic acids is 1. The van der Waals surface area contributed by atoms with Crippen LogP contribution in [0.1, 0.15) is 26.7 Å². The molecule has 4 heteroatoms. The van der Waals surface area contributed by atoms with Crippen LogP contribution in [0.25, 0.3) is 0 Å². The standard InChI is InChI=1S/C11H19NO2S/c1-11(2)9(10(13)14)8(7-15-11)12-5-3-4-6-12/h8-9H,3-7H2,1-2H3,(H,13,14). The third kappa shape index (κ3) is 2.02. The second-order valence-corrected chi connectivity index (χ2v) is 6.71. The molecule has 0 aromatic rings. The number of nitrogens with zero attached hydrogens (tertiary/aromatic N) is 1. The molecule has 0 spiro atoms. The highest BCUT2D eigenvalue weighted by molar-refractivity contribution is 8.01. The predicted octanol–water partition coefficient (Wildman–Crippen LogP) is 1.68. The van der Waals surface area contributed by atoms with E-state index < -0.39 is 5.97 Å². The topological polar surface area (TPSA) is 40.5 Å². The molecule has 2 saturated heterocycles. The van der Waals surface area contributed by atoms with E-state index in [2.05, 4.69) is 18.7 Å². The minimum absolute atomic E-state index is 0.112. The van der Waals surface area contributed by atoms with Crippen molar-refractivity contribution in [1.82, 2.24) is 4.90 Å². The van der Waals surface area contributed by atoms with Crippen LogP contribution in [-0.2, 0) is 4.79 Å². The first-order chi connectivity index (χ1) is 7.02. The largest absolute Gasteiger partial charge is 0.481 e. The number of carboxylic acids is 1. The monoisotopic (exact) mass is 229 g/mol. The molecular formula is C11H19NO2S. The van der Waals surface area contributed by atoms with Crippen molar-refractivity contribution in [2.75, 3.05) is 18.8 Å². The molecule has 0 aliphatic carbocycles. The first kappa shape index (κ1) is 11.3. The third-order valence-electron chi connectivity index (χ3n) is 3.64. The van der Waals surface area contributed by atoms with Gasteiger partial charge in [0.05, 0.1) is 5.92 Å². The Labute approximate surface area is 95.2 Å². The van der Waals surface area contributed by atoms with Crippen molar-refractivity contribution in [3.05, 3.63) is 0 Å². The van der Waals surface area contributed by atoms with Crippen LogP contribution < -0.4 is 0 Å². The fraction of sp³-hybridized carbons (Fsp3) is 0.909. The summed E-state index contributed by atoms with van der Waals surface area (Å²) in [6.45, 7) is 6.30. The summed E-state index contributed by atoms with van der Waals surface area (Å²) in [4.78, 5) is 13.7. The van der Waals surface area contributed by atoms with Gasteiger partial charge in [0.15, 0.2) is 0 Å². The SMILES string of the molecule is CC1(C)SCC(N2CCCC2)C1C(=O)O. The highest BCUT2D eigenvalue weighted by Crippen LogP contribution is 2.45. The van der Waals surface area contributed by atoms with Gasteiger partial charge in [0, 0.05) is 16.5 Å². The van der Waals surface area contributed by atoms with Gasteiger partial charge in [-0.3, -0.25) is 9.69 Å². The molecule has 2 rings (SSSR count). The van der Waals surface area contributed by atoms with Gasteiger partial charge >= 0.3 is 5.97 Å². The summed E-state index contributed by atoms with van der Waals surface area (Å²) in [5.74, 6) is 0.145. The van der Waals surface area contributed by atoms with Crippen LogP contribution in [0.3, 0.4) is 0 Å². The average Bonchev–Trinajstić information content (AvgIpc) is 2.69. The van der Waals surface area contributed by atoms with Crippen LogP contribution >= 0.6 is 11.8 Å². The van der Waals surface area contributed by atoms with Crippen LogP contribution in [0, 0.1) is 5.92 Å². The second kappa shape index (κ2) is 3.98. The molecule has 3 nitrogen and oxygen atoms in total. The van der Waals surface area contributed by atoms with Gasteiger partial charge in [-0.2, -0.15) is 11.8 Å². The molecule has 2 fully saturated rings. The van der Waals surface area contributed by atoms with Crippen LogP contribution in [0.5, 0.6) is 0 Å². The molecule has 2 aliphatic rings. The Balaban J connectivity index is 2.14. The number of likely N-dealkylation sites (tertiary alicyclic amines) is 1. The Morgan fingerprint density at radius 3 is 2.53 bits per heavy atom. The van der Waals surface area contributed by atoms with Crippen LogP contribution in [-0.4, -0.2) is 45.6 Å². The van der Waals surface area contributed by atoms with E-state index in [0.29, 0.717) is 0 Å². The molecule has 2 unspecified atom stereocenters. The normalized spacial score (nSPS) is 35.9. The van der Waals surface area contributed by atoms with Crippen molar-refractivity contribution in [2.45, 2.75) is 37.5 Å². The molecule has 2 heterocycles. The number of rotatable bonds is 2. The van der Waals surface area contributed by atoms with Crippen LogP contribution in [0.15, 0.2) is 0 Å². The van der Waals surface area contributed by atoms with Gasteiger partial charge in [-0.25, -0.2) is 0 Å². The molecule has 0 aromatic heterocycles. The van der Waals surface area contributed by atoms with Gasteiger partial charge in [-0.05, 0) is 39.8 Å². The molecule has 1 N–H and O–H groups in total. The summed E-state index contributed by atoms with van der Waals surface area (Å²) in [5.41, 5.74) is 0. The Morgan fingerprint density at radius 2 is 2.00 bits per heavy atom. The molecule has 0 aromatic carbocycles. The number of carbonyl (C=O) groups is 1. The van der Waals surface area contributed by atoms with Gasteiger partial charge in [-0.1, -0.05) is 0 Å². The molecule has 0 bridgehead atoms. The highest BCUT2D eigenvalue weighted by Gasteiger charge is 2.49. The van der Waals surface area contributed by atoms with E-state index in [1.54, 1.807) is 0 Å². The van der Waals surface area contributed by atoms with E-state index in [4.69, 9.17) is 0 Å². The molecule has 0 amide bonds. The zero-order valence-electron chi connectivity index (χ0n) is 9.40. The van der Waals surface area contributed by atoms with Gasteiger partial charge in [0.1, 0.15) is 0 Å². The maximum atomic E-state index is 11.3. The van der Waals surface area contributed by atoms with Crippen molar-refractivity contribution in [3.63, 3.8) is 0 Å². The maximum Gasteiger partial charge on any atom is 0.309 e. The van der Waals surface area contributed by atoms with Crippen molar-refractivity contribution in [1.29, 1.82) is 0 Å². The molecule has 0 saturated carbocycles. The highest BCUT2D eigenvalue weighted by atomic mass is 32.2. The van der Waals surface area contributed by atoms with Crippen LogP contribution in [0.4, 0.5) is 0 Å². The lowest BCUT2D eigenvalue weighted by molar-refractivity contribution is -0.144. The van der Waals surface area contributed by atoms with Crippen molar-refractivity contribution >= 4 is 17.7 Å². The van der Waals surface area contributed by atoms with Gasteiger partial charge in [0.2, 0.25) is 0 Å². The summed E-state index contributed by atoms with van der Waals surface area (Å²) in [5, 5.41) is 9.34. The van der Waals surface area contributed by atoms with E-state index in [-0.39, 0.29) is 16.7 Å². The minimum atomic E-state index is -0.623. The number of hydrogen-bond acceptors (Lipinski definition) is 3. The zero-order valence-corrected chi connectivity index (χ0v) is 10.2. The third-order valence-corrected chi connectivity index (χ3v) is 5.14. The van der Waals surface area contributed by atoms with E-state index in [1.165, 1.54) is 12.8 Å². The van der Waals surface area contributed by atoms with E-state index >= 15 is 0 Å². The second-order valence-electron chi connectivity index (χ2n) is 5.04. The van der Waals surface area contributed by atoms with E-state index in [0.717, 1.165) is 18.8 Å². The molecule has 86 valence electrons. The van der Waals surface area contributed by atoms with Crippen LogP contribution in [0.2, 0.25) is 0 Å². The fourth-order valence-electron chi connectivity index (χ4n) is 2.80. The summed E-state index contributed by atoms with van der Waals surface area (Å²) >= 11 is 1.81. The van der Waals surface area contributed by atoms with Crippen molar-refractivity contribution < 1.29 is 9.90 Å². The first-order valence-electron chi connectivity index (χ1n) is 5.63. The zero-order chi connectivity index (χ0) is 11.1. The quantitative estimate of drug-likeness (QED) is 0.782. The number of hydrogen-bond donors (Lipinski definition) is 1. The lowest BCUT2D eigenvalue weighted by atomic mass is 9.88. The summed E-state index contributed by atoms with van der Waals surface area (Å²) in [6.07, 6.45) is 2.46. The molecular weight excluding hydrogens is 210 g/mol. The smallest absolute Gasteiger partial charge is 0.309 e.